The molecule has 214 valence electrons. The molecule has 0 amide bonds. The quantitative estimate of drug-likeness (QED) is 0.0701. The molecule has 0 unspecified atom stereocenters. The summed E-state index contributed by atoms with van der Waals surface area (Å²) in [6, 6.07) is 18.6. The van der Waals surface area contributed by atoms with E-state index in [4.69, 9.17) is 0 Å². The Morgan fingerprint density at radius 3 is 2.39 bits per heavy atom. The van der Waals surface area contributed by atoms with Gasteiger partial charge in [0, 0.05) is 49.5 Å². The number of unbranched alkanes of at least 4 members (excludes halogenated alkanes) is 2. The first-order valence-corrected chi connectivity index (χ1v) is 14.2. The standard InChI is InChI=1S/C32H39FN8/c1-5-7-8-18-41(17-6-2)28-21-24(20-25(33)22-28)29-14-16-36-32(38-29)37-26-9-11-27(12-10-26)39-40-31(34-4)30-19-23(3)13-15-35-30/h9-16,19-22,39H,5-8,17-18H2,1-4H3,(H,34,40)(H,36,37,38). The van der Waals surface area contributed by atoms with Gasteiger partial charge in [-0.1, -0.05) is 26.7 Å². The van der Waals surface area contributed by atoms with Gasteiger partial charge in [-0.2, -0.15) is 0 Å². The zero-order valence-electron chi connectivity index (χ0n) is 24.3. The fourth-order valence-electron chi connectivity index (χ4n) is 4.47. The van der Waals surface area contributed by atoms with Gasteiger partial charge in [0.05, 0.1) is 11.4 Å². The van der Waals surface area contributed by atoms with E-state index in [1.54, 1.807) is 31.6 Å². The molecule has 0 fully saturated rings. The van der Waals surface area contributed by atoms with Crippen molar-refractivity contribution in [2.75, 3.05) is 35.8 Å². The SMILES string of the molecule is CCCCCN(CCC)c1cc(F)cc(-c2ccnc(Nc3ccc(NNC(=NC)c4cc(C)ccn4)cc3)n2)c1. The van der Waals surface area contributed by atoms with Crippen molar-refractivity contribution in [2.45, 2.75) is 46.5 Å². The van der Waals surface area contributed by atoms with Crippen LogP contribution in [-0.4, -0.2) is 40.9 Å². The summed E-state index contributed by atoms with van der Waals surface area (Å²) < 4.78 is 14.7. The van der Waals surface area contributed by atoms with Crippen LogP contribution in [0.2, 0.25) is 0 Å². The van der Waals surface area contributed by atoms with Crippen molar-refractivity contribution < 1.29 is 4.39 Å². The van der Waals surface area contributed by atoms with E-state index in [9.17, 15) is 4.39 Å². The third-order valence-corrected chi connectivity index (χ3v) is 6.57. The van der Waals surface area contributed by atoms with Gasteiger partial charge in [0.15, 0.2) is 5.84 Å². The van der Waals surface area contributed by atoms with Crippen LogP contribution in [-0.2, 0) is 0 Å². The van der Waals surface area contributed by atoms with Gasteiger partial charge in [0.1, 0.15) is 11.5 Å². The van der Waals surface area contributed by atoms with E-state index in [-0.39, 0.29) is 5.82 Å². The molecule has 4 rings (SSSR count). The van der Waals surface area contributed by atoms with E-state index >= 15 is 0 Å². The Labute approximate surface area is 242 Å². The molecule has 0 atom stereocenters. The van der Waals surface area contributed by atoms with Crippen LogP contribution < -0.4 is 21.1 Å². The van der Waals surface area contributed by atoms with Crippen LogP contribution in [0.5, 0.6) is 0 Å². The normalized spacial score (nSPS) is 11.3. The number of halogens is 1. The van der Waals surface area contributed by atoms with Crippen LogP contribution in [0.1, 0.15) is 50.8 Å². The maximum Gasteiger partial charge on any atom is 0.227 e. The second-order valence-corrected chi connectivity index (χ2v) is 9.90. The highest BCUT2D eigenvalue weighted by Gasteiger charge is 2.12. The van der Waals surface area contributed by atoms with Gasteiger partial charge >= 0.3 is 0 Å². The van der Waals surface area contributed by atoms with Crippen LogP contribution in [0.4, 0.5) is 27.4 Å². The number of nitrogens with one attached hydrogen (secondary N) is 3. The van der Waals surface area contributed by atoms with Crippen LogP contribution in [0.3, 0.4) is 0 Å². The summed E-state index contributed by atoms with van der Waals surface area (Å²) in [5, 5.41) is 3.25. The molecule has 0 aliphatic carbocycles. The highest BCUT2D eigenvalue weighted by molar-refractivity contribution is 5.97. The maximum atomic E-state index is 14.7. The Balaban J connectivity index is 1.43. The van der Waals surface area contributed by atoms with Crippen molar-refractivity contribution in [2.24, 2.45) is 4.99 Å². The summed E-state index contributed by atoms with van der Waals surface area (Å²) in [7, 11) is 1.72. The molecule has 8 nitrogen and oxygen atoms in total. The van der Waals surface area contributed by atoms with Crippen molar-refractivity contribution in [1.29, 1.82) is 0 Å². The van der Waals surface area contributed by atoms with Gasteiger partial charge in [0.25, 0.3) is 0 Å². The number of nitrogens with zero attached hydrogens (tertiary/aromatic N) is 5. The van der Waals surface area contributed by atoms with Crippen LogP contribution in [0.15, 0.2) is 78.0 Å². The maximum absolute atomic E-state index is 14.7. The molecule has 0 radical (unpaired) electrons. The minimum absolute atomic E-state index is 0.270. The van der Waals surface area contributed by atoms with Gasteiger partial charge in [0.2, 0.25) is 5.95 Å². The number of amidine groups is 1. The first-order valence-electron chi connectivity index (χ1n) is 14.2. The number of aliphatic imine (C=N–C) groups is 1. The molecule has 2 heterocycles. The lowest BCUT2D eigenvalue weighted by molar-refractivity contribution is 0.623. The Hall–Kier alpha value is -4.53. The first kappa shape index (κ1) is 29.5. The van der Waals surface area contributed by atoms with Crippen molar-refractivity contribution in [3.8, 4) is 11.3 Å². The average Bonchev–Trinajstić information content (AvgIpc) is 2.98. The summed E-state index contributed by atoms with van der Waals surface area (Å²) >= 11 is 0. The zero-order valence-corrected chi connectivity index (χ0v) is 24.3. The third kappa shape index (κ3) is 8.48. The molecule has 41 heavy (non-hydrogen) atoms. The lowest BCUT2D eigenvalue weighted by Gasteiger charge is -2.25. The van der Waals surface area contributed by atoms with Crippen LogP contribution >= 0.6 is 0 Å². The fraction of sp³-hybridized carbons (Fsp3) is 0.312. The minimum Gasteiger partial charge on any atom is -0.371 e. The van der Waals surface area contributed by atoms with E-state index < -0.39 is 0 Å². The van der Waals surface area contributed by atoms with Crippen molar-refractivity contribution in [3.05, 3.63) is 90.1 Å². The predicted octanol–water partition coefficient (Wildman–Crippen LogP) is 7.13. The summed E-state index contributed by atoms with van der Waals surface area (Å²) in [4.78, 5) is 20.0. The summed E-state index contributed by atoms with van der Waals surface area (Å²) in [6.45, 7) is 8.16. The van der Waals surface area contributed by atoms with E-state index in [0.717, 1.165) is 72.7 Å². The molecule has 2 aromatic carbocycles. The Morgan fingerprint density at radius 2 is 1.66 bits per heavy atom. The summed E-state index contributed by atoms with van der Waals surface area (Å²) in [5.41, 5.74) is 12.1. The first-order chi connectivity index (χ1) is 20.0. The predicted molar refractivity (Wildman–Crippen MR) is 167 cm³/mol. The van der Waals surface area contributed by atoms with Gasteiger partial charge in [-0.3, -0.25) is 20.8 Å². The third-order valence-electron chi connectivity index (χ3n) is 6.57. The van der Waals surface area contributed by atoms with Gasteiger partial charge < -0.3 is 10.2 Å². The molecule has 0 saturated heterocycles. The molecule has 0 bridgehead atoms. The van der Waals surface area contributed by atoms with E-state index in [1.165, 1.54) is 6.07 Å². The molecular weight excluding hydrogens is 515 g/mol. The van der Waals surface area contributed by atoms with E-state index in [1.807, 2.05) is 49.4 Å². The molecule has 0 saturated carbocycles. The van der Waals surface area contributed by atoms with Crippen molar-refractivity contribution in [3.63, 3.8) is 0 Å². The molecule has 4 aromatic rings. The van der Waals surface area contributed by atoms with Gasteiger partial charge in [-0.05, 0) is 86.0 Å². The molecule has 0 aliphatic heterocycles. The van der Waals surface area contributed by atoms with Gasteiger partial charge in [-0.15, -0.1) is 0 Å². The number of aryl methyl sites for hydroxylation is 1. The Morgan fingerprint density at radius 1 is 0.878 bits per heavy atom. The highest BCUT2D eigenvalue weighted by atomic mass is 19.1. The number of rotatable bonds is 13. The highest BCUT2D eigenvalue weighted by Crippen LogP contribution is 2.27. The Kier molecular flexibility index (Phi) is 10.6. The number of aromatic nitrogens is 3. The molecule has 0 aliphatic rings. The van der Waals surface area contributed by atoms with Crippen molar-refractivity contribution in [1.82, 2.24) is 20.4 Å². The lowest BCUT2D eigenvalue weighted by atomic mass is 10.1. The summed E-state index contributed by atoms with van der Waals surface area (Å²) in [5.74, 6) is 0.806. The Bertz CT molecular complexity index is 1440. The van der Waals surface area contributed by atoms with Gasteiger partial charge in [-0.25, -0.2) is 14.4 Å². The number of pyridine rings is 1. The molecule has 2 aromatic heterocycles. The smallest absolute Gasteiger partial charge is 0.227 e. The molecular formula is C32H39FN8. The zero-order chi connectivity index (χ0) is 29.0. The number of benzene rings is 2. The van der Waals surface area contributed by atoms with Crippen molar-refractivity contribution >= 4 is 28.8 Å². The van der Waals surface area contributed by atoms with E-state index in [0.29, 0.717) is 17.5 Å². The fourth-order valence-corrected chi connectivity index (χ4v) is 4.47. The minimum atomic E-state index is -0.270. The number of hydrogen-bond donors (Lipinski definition) is 3. The van der Waals surface area contributed by atoms with E-state index in [2.05, 4.69) is 54.9 Å². The second-order valence-electron chi connectivity index (χ2n) is 9.90. The number of anilines is 4. The second kappa shape index (κ2) is 14.7. The number of hydrogen-bond acceptors (Lipinski definition) is 7. The molecule has 0 spiro atoms. The van der Waals surface area contributed by atoms with Crippen LogP contribution in [0.25, 0.3) is 11.3 Å². The topological polar surface area (TPSA) is 90.4 Å². The molecule has 3 N–H and O–H groups in total. The monoisotopic (exact) mass is 554 g/mol. The average molecular weight is 555 g/mol. The molecule has 9 heteroatoms. The summed E-state index contributed by atoms with van der Waals surface area (Å²) in [6.07, 6.45) is 7.85. The van der Waals surface area contributed by atoms with Crippen LogP contribution in [0, 0.1) is 12.7 Å². The largest absolute Gasteiger partial charge is 0.371 e. The lowest BCUT2D eigenvalue weighted by Crippen LogP contribution is -2.31. The number of hydrazine groups is 1.